The molecule has 0 spiro atoms. The first-order chi connectivity index (χ1) is 12.6. The lowest BCUT2D eigenvalue weighted by molar-refractivity contribution is -0.128. The van der Waals surface area contributed by atoms with E-state index in [4.69, 9.17) is 5.73 Å². The Balaban J connectivity index is 1.41. The van der Waals surface area contributed by atoms with Crippen molar-refractivity contribution in [3.8, 4) is 0 Å². The number of halogens is 1. The van der Waals surface area contributed by atoms with E-state index in [2.05, 4.69) is 26.3 Å². The minimum absolute atomic E-state index is 0.0435. The molecule has 4 rings (SSSR count). The fourth-order valence-corrected chi connectivity index (χ4v) is 4.94. The molecule has 0 radical (unpaired) electrons. The molecule has 1 amide bonds. The fraction of sp³-hybridized carbons (Fsp3) is 0.941. The van der Waals surface area contributed by atoms with Gasteiger partial charge < -0.3 is 16.4 Å². The molecular weight excluding hydrogens is 337 g/mol. The second kappa shape index (κ2) is 8.04. The van der Waals surface area contributed by atoms with Gasteiger partial charge in [0, 0.05) is 25.7 Å². The number of alkyl halides is 1. The second-order valence-corrected chi connectivity index (χ2v) is 8.06. The number of carbonyl (C=O) groups is 1. The Morgan fingerprint density at radius 2 is 2.00 bits per heavy atom. The summed E-state index contributed by atoms with van der Waals surface area (Å²) in [6.45, 7) is 4.55. The monoisotopic (exact) mass is 369 g/mol. The Morgan fingerprint density at radius 1 is 1.19 bits per heavy atom. The van der Waals surface area contributed by atoms with E-state index in [0.717, 1.165) is 32.6 Å². The second-order valence-electron chi connectivity index (χ2n) is 8.06. The summed E-state index contributed by atoms with van der Waals surface area (Å²) in [5.41, 5.74) is 9.22. The van der Waals surface area contributed by atoms with Crippen LogP contribution in [0, 0.1) is 5.92 Å². The van der Waals surface area contributed by atoms with Gasteiger partial charge in [0.05, 0.1) is 24.3 Å². The molecule has 4 heterocycles. The van der Waals surface area contributed by atoms with E-state index in [0.29, 0.717) is 6.04 Å². The molecule has 0 bridgehead atoms. The molecule has 148 valence electrons. The van der Waals surface area contributed by atoms with Crippen molar-refractivity contribution in [2.75, 3.05) is 39.3 Å². The van der Waals surface area contributed by atoms with E-state index >= 15 is 0 Å². The van der Waals surface area contributed by atoms with Gasteiger partial charge in [-0.2, -0.15) is 0 Å². The molecule has 4 fully saturated rings. The van der Waals surface area contributed by atoms with Crippen LogP contribution in [0.5, 0.6) is 0 Å². The highest BCUT2D eigenvalue weighted by molar-refractivity contribution is 5.81. The molecule has 6 atom stereocenters. The fourth-order valence-electron chi connectivity index (χ4n) is 4.94. The third-order valence-electron chi connectivity index (χ3n) is 6.26. The third-order valence-corrected chi connectivity index (χ3v) is 6.26. The highest BCUT2D eigenvalue weighted by Crippen LogP contribution is 2.23. The molecule has 0 aromatic heterocycles. The normalized spacial score (nSPS) is 42.4. The highest BCUT2D eigenvalue weighted by Gasteiger charge is 2.47. The van der Waals surface area contributed by atoms with Crippen LogP contribution in [0.1, 0.15) is 25.7 Å². The largest absolute Gasteiger partial charge is 0.350 e. The topological polar surface area (TPSA) is 97.7 Å². The molecule has 0 aromatic rings. The van der Waals surface area contributed by atoms with Crippen LogP contribution in [0.4, 0.5) is 4.39 Å². The standard InChI is InChI=1S/C17H32FN7O/c18-11-8-21-16-14(15(19)23-25(16)10-11)17(26)22-12-9-20-5-4-13(12)24-6-2-1-3-7-24/h11-16,20-21,23H,1-10,19H2,(H,22,26). The van der Waals surface area contributed by atoms with Gasteiger partial charge in [-0.3, -0.25) is 15.0 Å². The Labute approximate surface area is 154 Å². The zero-order valence-corrected chi connectivity index (χ0v) is 15.3. The molecule has 9 heteroatoms. The van der Waals surface area contributed by atoms with Gasteiger partial charge in [0.25, 0.3) is 0 Å². The van der Waals surface area contributed by atoms with Crippen molar-refractivity contribution in [1.29, 1.82) is 0 Å². The first-order valence-corrected chi connectivity index (χ1v) is 10.0. The molecule has 26 heavy (non-hydrogen) atoms. The number of hydrazine groups is 1. The lowest BCUT2D eigenvalue weighted by Gasteiger charge is -2.42. The van der Waals surface area contributed by atoms with Crippen LogP contribution < -0.4 is 27.1 Å². The number of nitrogens with zero attached hydrogens (tertiary/aromatic N) is 2. The molecule has 0 saturated carbocycles. The summed E-state index contributed by atoms with van der Waals surface area (Å²) >= 11 is 0. The van der Waals surface area contributed by atoms with Crippen molar-refractivity contribution in [3.05, 3.63) is 0 Å². The van der Waals surface area contributed by atoms with Gasteiger partial charge in [0.1, 0.15) is 6.17 Å². The molecule has 4 aliphatic rings. The van der Waals surface area contributed by atoms with Gasteiger partial charge in [-0.25, -0.2) is 14.8 Å². The van der Waals surface area contributed by atoms with Crippen LogP contribution in [-0.4, -0.2) is 85.7 Å². The summed E-state index contributed by atoms with van der Waals surface area (Å²) in [6, 6.07) is 0.477. The Kier molecular flexibility index (Phi) is 5.72. The van der Waals surface area contributed by atoms with Crippen molar-refractivity contribution in [3.63, 3.8) is 0 Å². The molecular formula is C17H32FN7O. The van der Waals surface area contributed by atoms with E-state index in [-0.39, 0.29) is 31.2 Å². The molecule has 0 aliphatic carbocycles. The van der Waals surface area contributed by atoms with Crippen molar-refractivity contribution in [2.24, 2.45) is 11.7 Å². The van der Waals surface area contributed by atoms with Gasteiger partial charge in [-0.1, -0.05) is 6.42 Å². The maximum absolute atomic E-state index is 13.6. The summed E-state index contributed by atoms with van der Waals surface area (Å²) in [5, 5.41) is 11.5. The zero-order chi connectivity index (χ0) is 18.1. The molecule has 8 nitrogen and oxygen atoms in total. The molecule has 6 unspecified atom stereocenters. The predicted molar refractivity (Wildman–Crippen MR) is 96.6 cm³/mol. The highest BCUT2D eigenvalue weighted by atomic mass is 19.1. The number of fused-ring (bicyclic) bond motifs is 1. The van der Waals surface area contributed by atoms with E-state index < -0.39 is 18.3 Å². The number of amides is 1. The SMILES string of the molecule is NC1NN2CC(F)CNC2C1C(=O)NC1CNCCC1N1CCCCC1. The van der Waals surface area contributed by atoms with Crippen molar-refractivity contribution < 1.29 is 9.18 Å². The zero-order valence-electron chi connectivity index (χ0n) is 15.3. The average molecular weight is 369 g/mol. The smallest absolute Gasteiger partial charge is 0.229 e. The van der Waals surface area contributed by atoms with Gasteiger partial charge >= 0.3 is 0 Å². The summed E-state index contributed by atoms with van der Waals surface area (Å²) in [4.78, 5) is 15.6. The maximum Gasteiger partial charge on any atom is 0.229 e. The predicted octanol–water partition coefficient (Wildman–Crippen LogP) is -1.69. The summed E-state index contributed by atoms with van der Waals surface area (Å²) in [5.74, 6) is -0.468. The van der Waals surface area contributed by atoms with Crippen LogP contribution in [0.3, 0.4) is 0 Å². The minimum atomic E-state index is -0.946. The number of hydrogen-bond acceptors (Lipinski definition) is 7. The minimum Gasteiger partial charge on any atom is -0.350 e. The molecule has 0 aromatic carbocycles. The maximum atomic E-state index is 13.6. The first-order valence-electron chi connectivity index (χ1n) is 10.0. The Hall–Kier alpha value is -0.840. The van der Waals surface area contributed by atoms with Gasteiger partial charge in [-0.15, -0.1) is 0 Å². The van der Waals surface area contributed by atoms with Crippen LogP contribution in [-0.2, 0) is 4.79 Å². The van der Waals surface area contributed by atoms with Gasteiger partial charge in [-0.05, 0) is 38.9 Å². The first kappa shape index (κ1) is 18.5. The van der Waals surface area contributed by atoms with E-state index in [1.807, 2.05) is 0 Å². The number of likely N-dealkylation sites (tertiary alicyclic amines) is 1. The van der Waals surface area contributed by atoms with E-state index in [9.17, 15) is 9.18 Å². The Bertz CT molecular complexity index is 504. The number of nitrogens with two attached hydrogens (primary N) is 1. The molecule has 4 aliphatic heterocycles. The molecule has 6 N–H and O–H groups in total. The van der Waals surface area contributed by atoms with Crippen molar-refractivity contribution in [1.82, 2.24) is 31.3 Å². The van der Waals surface area contributed by atoms with Crippen molar-refractivity contribution >= 4 is 5.91 Å². The summed E-state index contributed by atoms with van der Waals surface area (Å²) in [6.07, 6.45) is 3.15. The van der Waals surface area contributed by atoms with Crippen LogP contribution in [0.15, 0.2) is 0 Å². The number of carbonyl (C=O) groups excluding carboxylic acids is 1. The quantitative estimate of drug-likeness (QED) is 0.405. The summed E-state index contributed by atoms with van der Waals surface area (Å²) in [7, 11) is 0. The number of piperidine rings is 2. The van der Waals surface area contributed by atoms with Crippen LogP contribution >= 0.6 is 0 Å². The van der Waals surface area contributed by atoms with E-state index in [1.54, 1.807) is 5.01 Å². The molecule has 4 saturated heterocycles. The van der Waals surface area contributed by atoms with Crippen LogP contribution in [0.25, 0.3) is 0 Å². The van der Waals surface area contributed by atoms with E-state index in [1.165, 1.54) is 19.3 Å². The lowest BCUT2D eigenvalue weighted by atomic mass is 9.94. The third kappa shape index (κ3) is 3.74. The number of nitrogens with one attached hydrogen (secondary N) is 4. The number of rotatable bonds is 3. The van der Waals surface area contributed by atoms with Crippen molar-refractivity contribution in [2.45, 2.75) is 56.3 Å². The number of hydrogen-bond donors (Lipinski definition) is 5. The van der Waals surface area contributed by atoms with Gasteiger partial charge in [0.15, 0.2) is 0 Å². The van der Waals surface area contributed by atoms with Gasteiger partial charge in [0.2, 0.25) is 5.91 Å². The Morgan fingerprint density at radius 3 is 2.81 bits per heavy atom. The summed E-state index contributed by atoms with van der Waals surface area (Å²) < 4.78 is 13.6. The lowest BCUT2D eigenvalue weighted by Crippen LogP contribution is -2.63. The average Bonchev–Trinajstić information content (AvgIpc) is 2.97. The van der Waals surface area contributed by atoms with Crippen LogP contribution in [0.2, 0.25) is 0 Å².